The number of ether oxygens (including phenoxy) is 1. The van der Waals surface area contributed by atoms with Gasteiger partial charge in [0.2, 0.25) is 5.95 Å². The molecule has 0 aliphatic heterocycles. The van der Waals surface area contributed by atoms with Crippen molar-refractivity contribution in [1.29, 1.82) is 0 Å². The molecule has 6 nitrogen and oxygen atoms in total. The van der Waals surface area contributed by atoms with Crippen molar-refractivity contribution in [3.63, 3.8) is 0 Å². The molecule has 0 aliphatic carbocycles. The van der Waals surface area contributed by atoms with Crippen LogP contribution in [0.3, 0.4) is 0 Å². The van der Waals surface area contributed by atoms with Crippen LogP contribution in [0.4, 0.5) is 11.8 Å². The van der Waals surface area contributed by atoms with Gasteiger partial charge in [-0.1, -0.05) is 0 Å². The predicted octanol–water partition coefficient (Wildman–Crippen LogP) is 0.0829. The molecule has 0 saturated carbocycles. The van der Waals surface area contributed by atoms with Crippen LogP contribution in [0.1, 0.15) is 0 Å². The minimum Gasteiger partial charge on any atom is -0.384 e. The summed E-state index contributed by atoms with van der Waals surface area (Å²) in [6.07, 6.45) is 0. The van der Waals surface area contributed by atoms with Crippen molar-refractivity contribution < 1.29 is 4.74 Å². The van der Waals surface area contributed by atoms with Crippen molar-refractivity contribution in [1.82, 2.24) is 9.97 Å². The second-order valence-corrected chi connectivity index (χ2v) is 3.55. The van der Waals surface area contributed by atoms with Gasteiger partial charge in [-0.2, -0.15) is 4.98 Å². The lowest BCUT2D eigenvalue weighted by Crippen LogP contribution is -2.10. The Kier molecular flexibility index (Phi) is 4.44. The maximum absolute atomic E-state index is 5.48. The highest BCUT2D eigenvalue weighted by Gasteiger charge is 2.01. The van der Waals surface area contributed by atoms with Gasteiger partial charge in [-0.05, 0) is 0 Å². The van der Waals surface area contributed by atoms with Crippen LogP contribution in [-0.4, -0.2) is 29.4 Å². The number of thioether (sulfide) groups is 1. The van der Waals surface area contributed by atoms with Gasteiger partial charge in [0.1, 0.15) is 10.8 Å². The molecule has 14 heavy (non-hydrogen) atoms. The standard InChI is InChI=1S/C7H13N5OS/c1-13-2-3-14-6-4-5(12-9)10-7(8)11-6/h4H,2-3,9H2,1H3,(H3,8,10,11,12). The Hall–Kier alpha value is -1.05. The lowest BCUT2D eigenvalue weighted by atomic mass is 10.6. The minimum atomic E-state index is 0.209. The lowest BCUT2D eigenvalue weighted by Gasteiger charge is -2.04. The van der Waals surface area contributed by atoms with Crippen molar-refractivity contribution in [3.05, 3.63) is 6.07 Å². The average Bonchev–Trinajstić information content (AvgIpc) is 2.17. The average molecular weight is 215 g/mol. The van der Waals surface area contributed by atoms with Crippen molar-refractivity contribution >= 4 is 23.5 Å². The van der Waals surface area contributed by atoms with E-state index < -0.39 is 0 Å². The molecule has 0 fully saturated rings. The molecule has 0 aromatic carbocycles. The first-order valence-corrected chi connectivity index (χ1v) is 4.97. The van der Waals surface area contributed by atoms with Crippen LogP contribution in [0.25, 0.3) is 0 Å². The molecule has 1 heterocycles. The number of hydrogen-bond donors (Lipinski definition) is 3. The molecule has 1 rings (SSSR count). The number of methoxy groups -OCH3 is 1. The molecule has 1 aromatic rings. The number of nitrogens with one attached hydrogen (secondary N) is 1. The van der Waals surface area contributed by atoms with Gasteiger partial charge in [0.05, 0.1) is 6.61 Å². The van der Waals surface area contributed by atoms with E-state index in [-0.39, 0.29) is 5.95 Å². The molecule has 0 unspecified atom stereocenters. The Balaban J connectivity index is 2.62. The Morgan fingerprint density at radius 1 is 1.57 bits per heavy atom. The number of anilines is 2. The molecule has 0 aliphatic rings. The van der Waals surface area contributed by atoms with E-state index in [0.29, 0.717) is 12.4 Å². The van der Waals surface area contributed by atoms with Gasteiger partial charge in [0.25, 0.3) is 0 Å². The zero-order valence-electron chi connectivity index (χ0n) is 7.86. The van der Waals surface area contributed by atoms with E-state index in [1.54, 1.807) is 13.2 Å². The van der Waals surface area contributed by atoms with Gasteiger partial charge >= 0.3 is 0 Å². The molecule has 7 heteroatoms. The van der Waals surface area contributed by atoms with E-state index in [9.17, 15) is 0 Å². The smallest absolute Gasteiger partial charge is 0.223 e. The largest absolute Gasteiger partial charge is 0.384 e. The summed E-state index contributed by atoms with van der Waals surface area (Å²) in [5.74, 6) is 6.75. The summed E-state index contributed by atoms with van der Waals surface area (Å²) in [4.78, 5) is 7.90. The lowest BCUT2D eigenvalue weighted by molar-refractivity contribution is 0.218. The first-order chi connectivity index (χ1) is 6.76. The quantitative estimate of drug-likeness (QED) is 0.210. The summed E-state index contributed by atoms with van der Waals surface area (Å²) in [7, 11) is 1.65. The van der Waals surface area contributed by atoms with Crippen LogP contribution in [0.5, 0.6) is 0 Å². The van der Waals surface area contributed by atoms with Crippen molar-refractivity contribution in [3.8, 4) is 0 Å². The van der Waals surface area contributed by atoms with Crippen LogP contribution >= 0.6 is 11.8 Å². The van der Waals surface area contributed by atoms with E-state index in [4.69, 9.17) is 16.3 Å². The molecule has 0 bridgehead atoms. The van der Waals surface area contributed by atoms with Crippen LogP contribution in [0, 0.1) is 0 Å². The molecule has 0 atom stereocenters. The maximum atomic E-state index is 5.48. The number of aromatic nitrogens is 2. The molecular formula is C7H13N5OS. The Bertz CT molecular complexity index is 295. The van der Waals surface area contributed by atoms with Gasteiger partial charge in [-0.15, -0.1) is 11.8 Å². The number of nitrogens with zero attached hydrogens (tertiary/aromatic N) is 2. The first-order valence-electron chi connectivity index (χ1n) is 3.99. The van der Waals surface area contributed by atoms with Crippen LogP contribution in [-0.2, 0) is 4.74 Å². The van der Waals surface area contributed by atoms with Gasteiger partial charge in [-0.25, -0.2) is 10.8 Å². The van der Waals surface area contributed by atoms with Gasteiger partial charge < -0.3 is 15.9 Å². The van der Waals surface area contributed by atoms with E-state index in [1.165, 1.54) is 11.8 Å². The first kappa shape index (κ1) is 11.0. The summed E-state index contributed by atoms with van der Waals surface area (Å²) in [6.45, 7) is 0.667. The highest BCUT2D eigenvalue weighted by Crippen LogP contribution is 2.18. The summed E-state index contributed by atoms with van der Waals surface area (Å²) in [5.41, 5.74) is 7.90. The number of hydrazine groups is 1. The van der Waals surface area contributed by atoms with Gasteiger partial charge in [0.15, 0.2) is 0 Å². The molecule has 78 valence electrons. The van der Waals surface area contributed by atoms with Crippen molar-refractivity contribution in [2.24, 2.45) is 5.84 Å². The third-order valence-electron chi connectivity index (χ3n) is 1.41. The summed E-state index contributed by atoms with van der Waals surface area (Å²) in [5, 5.41) is 0.780. The molecule has 5 N–H and O–H groups in total. The SMILES string of the molecule is COCCSc1cc(NN)nc(N)n1. The summed E-state index contributed by atoms with van der Waals surface area (Å²) < 4.78 is 4.91. The highest BCUT2D eigenvalue weighted by atomic mass is 32.2. The molecule has 0 amide bonds. The highest BCUT2D eigenvalue weighted by molar-refractivity contribution is 7.99. The molecular weight excluding hydrogens is 202 g/mol. The monoisotopic (exact) mass is 215 g/mol. The van der Waals surface area contributed by atoms with E-state index in [1.807, 2.05) is 0 Å². The number of hydrogen-bond acceptors (Lipinski definition) is 7. The van der Waals surface area contributed by atoms with Gasteiger partial charge in [0, 0.05) is 18.9 Å². The third kappa shape index (κ3) is 3.36. The zero-order valence-corrected chi connectivity index (χ0v) is 8.67. The summed E-state index contributed by atoms with van der Waals surface area (Å²) >= 11 is 1.54. The Morgan fingerprint density at radius 3 is 3.00 bits per heavy atom. The fourth-order valence-corrected chi connectivity index (χ4v) is 1.63. The van der Waals surface area contributed by atoms with Gasteiger partial charge in [-0.3, -0.25) is 0 Å². The van der Waals surface area contributed by atoms with Crippen molar-refractivity contribution in [2.45, 2.75) is 5.03 Å². The molecule has 1 aromatic heterocycles. The van der Waals surface area contributed by atoms with Crippen LogP contribution in [0.15, 0.2) is 11.1 Å². The normalized spacial score (nSPS) is 10.1. The second-order valence-electron chi connectivity index (χ2n) is 2.44. The maximum Gasteiger partial charge on any atom is 0.223 e. The number of rotatable bonds is 5. The van der Waals surface area contributed by atoms with Crippen LogP contribution < -0.4 is 17.0 Å². The Labute approximate surface area is 86.4 Å². The molecule has 0 spiro atoms. The van der Waals surface area contributed by atoms with E-state index in [0.717, 1.165) is 10.8 Å². The van der Waals surface area contributed by atoms with E-state index >= 15 is 0 Å². The number of nitrogen functional groups attached to an aromatic ring is 2. The minimum absolute atomic E-state index is 0.209. The fraction of sp³-hybridized carbons (Fsp3) is 0.429. The third-order valence-corrected chi connectivity index (χ3v) is 2.28. The summed E-state index contributed by atoms with van der Waals surface area (Å²) in [6, 6.07) is 1.73. The predicted molar refractivity (Wildman–Crippen MR) is 56.9 cm³/mol. The molecule has 0 radical (unpaired) electrons. The topological polar surface area (TPSA) is 99.1 Å². The van der Waals surface area contributed by atoms with Crippen molar-refractivity contribution in [2.75, 3.05) is 30.6 Å². The second kappa shape index (κ2) is 5.63. The van der Waals surface area contributed by atoms with Crippen LogP contribution in [0.2, 0.25) is 0 Å². The fourth-order valence-electron chi connectivity index (χ4n) is 0.820. The molecule has 0 saturated heterocycles. The zero-order chi connectivity index (χ0) is 10.4. The van der Waals surface area contributed by atoms with E-state index in [2.05, 4.69) is 15.4 Å². The Morgan fingerprint density at radius 2 is 2.36 bits per heavy atom. The number of nitrogens with two attached hydrogens (primary N) is 2.